The Kier molecular flexibility index (Phi) is 2.87. The number of hydrogen-bond donors (Lipinski definition) is 1. The van der Waals surface area contributed by atoms with Gasteiger partial charge in [-0.3, -0.25) is 4.57 Å². The van der Waals surface area contributed by atoms with Gasteiger partial charge in [0.2, 0.25) is 0 Å². The summed E-state index contributed by atoms with van der Waals surface area (Å²) in [5, 5.41) is 8.97. The topological polar surface area (TPSA) is 61.7 Å². The minimum Gasteiger partial charge on any atom is -0.340 e. The van der Waals surface area contributed by atoms with E-state index in [1.807, 2.05) is 4.57 Å². The quantitative estimate of drug-likeness (QED) is 0.793. The zero-order valence-corrected chi connectivity index (χ0v) is 12.0. The van der Waals surface area contributed by atoms with Gasteiger partial charge in [-0.1, -0.05) is 6.07 Å². The molecule has 0 spiro atoms. The second-order valence-corrected chi connectivity index (χ2v) is 5.77. The maximum atomic E-state index is 5.93. The summed E-state index contributed by atoms with van der Waals surface area (Å²) in [6.07, 6.45) is 5.58. The van der Waals surface area contributed by atoms with Crippen LogP contribution in [0.2, 0.25) is 0 Å². The lowest BCUT2D eigenvalue weighted by Gasteiger charge is -2.26. The highest BCUT2D eigenvalue weighted by atomic mass is 15.2. The summed E-state index contributed by atoms with van der Waals surface area (Å²) in [5.74, 6) is 0. The molecule has 1 aromatic carbocycles. The highest BCUT2D eigenvalue weighted by Gasteiger charge is 2.21. The summed E-state index contributed by atoms with van der Waals surface area (Å²) in [6, 6.07) is 6.38. The van der Waals surface area contributed by atoms with Crippen molar-refractivity contribution in [2.45, 2.75) is 26.3 Å². The Labute approximate surface area is 118 Å². The van der Waals surface area contributed by atoms with Gasteiger partial charge in [0.25, 0.3) is 0 Å². The molecule has 0 atom stereocenters. The van der Waals surface area contributed by atoms with E-state index in [0.717, 1.165) is 5.69 Å². The Balaban J connectivity index is 2.25. The summed E-state index contributed by atoms with van der Waals surface area (Å²) >= 11 is 0. The summed E-state index contributed by atoms with van der Waals surface area (Å²) in [5.41, 5.74) is 9.31. The first-order chi connectivity index (χ1) is 9.53. The van der Waals surface area contributed by atoms with Crippen molar-refractivity contribution in [2.24, 2.45) is 5.73 Å². The lowest BCUT2D eigenvalue weighted by molar-refractivity contribution is 0.379. The van der Waals surface area contributed by atoms with Crippen LogP contribution in [0.4, 0.5) is 0 Å². The van der Waals surface area contributed by atoms with E-state index in [-0.39, 0.29) is 5.54 Å². The van der Waals surface area contributed by atoms with E-state index in [0.29, 0.717) is 6.54 Å². The van der Waals surface area contributed by atoms with Crippen molar-refractivity contribution in [3.63, 3.8) is 0 Å². The summed E-state index contributed by atoms with van der Waals surface area (Å²) in [4.78, 5) is 0. The molecule has 104 valence electrons. The van der Waals surface area contributed by atoms with Crippen molar-refractivity contribution in [2.75, 3.05) is 6.54 Å². The second-order valence-electron chi connectivity index (χ2n) is 5.77. The molecule has 5 heteroatoms. The van der Waals surface area contributed by atoms with Gasteiger partial charge in [-0.05, 0) is 38.5 Å². The highest BCUT2D eigenvalue weighted by Crippen LogP contribution is 2.28. The third-order valence-corrected chi connectivity index (χ3v) is 3.86. The third-order valence-electron chi connectivity index (χ3n) is 3.86. The lowest BCUT2D eigenvalue weighted by atomic mass is 10.1. The first-order valence-corrected chi connectivity index (χ1v) is 6.70. The van der Waals surface area contributed by atoms with E-state index in [9.17, 15) is 0 Å². The van der Waals surface area contributed by atoms with Crippen molar-refractivity contribution in [3.8, 4) is 5.69 Å². The number of fused-ring (bicyclic) bond motifs is 1. The summed E-state index contributed by atoms with van der Waals surface area (Å²) in [7, 11) is 0. The van der Waals surface area contributed by atoms with Crippen LogP contribution in [-0.2, 0) is 5.54 Å². The highest BCUT2D eigenvalue weighted by molar-refractivity contribution is 5.85. The van der Waals surface area contributed by atoms with Crippen molar-refractivity contribution in [1.29, 1.82) is 0 Å². The van der Waals surface area contributed by atoms with Crippen LogP contribution in [0.25, 0.3) is 16.6 Å². The molecule has 2 N–H and O–H groups in total. The smallest absolute Gasteiger partial charge is 0.123 e. The van der Waals surface area contributed by atoms with E-state index in [4.69, 9.17) is 5.73 Å². The van der Waals surface area contributed by atoms with Crippen LogP contribution in [-0.4, -0.2) is 25.9 Å². The molecule has 0 saturated heterocycles. The first kappa shape index (κ1) is 12.9. The van der Waals surface area contributed by atoms with E-state index >= 15 is 0 Å². The molecular formula is C15H19N5. The van der Waals surface area contributed by atoms with Crippen LogP contribution in [0.15, 0.2) is 37.1 Å². The fourth-order valence-corrected chi connectivity index (χ4v) is 2.48. The Hall–Kier alpha value is -2.14. The molecule has 20 heavy (non-hydrogen) atoms. The SMILES string of the molecule is Cc1cn(C(C)(C)CN)c2cc(-n3cnnc3)ccc12. The van der Waals surface area contributed by atoms with E-state index < -0.39 is 0 Å². The average Bonchev–Trinajstić information content (AvgIpc) is 3.07. The van der Waals surface area contributed by atoms with E-state index in [1.54, 1.807) is 12.7 Å². The van der Waals surface area contributed by atoms with Gasteiger partial charge in [0.05, 0.1) is 16.7 Å². The van der Waals surface area contributed by atoms with Gasteiger partial charge >= 0.3 is 0 Å². The predicted molar refractivity (Wildman–Crippen MR) is 80.0 cm³/mol. The number of nitrogens with two attached hydrogens (primary N) is 1. The maximum absolute atomic E-state index is 5.93. The van der Waals surface area contributed by atoms with Gasteiger partial charge in [-0.25, -0.2) is 0 Å². The molecule has 2 aromatic heterocycles. The molecule has 0 aliphatic rings. The van der Waals surface area contributed by atoms with Crippen LogP contribution < -0.4 is 5.73 Å². The van der Waals surface area contributed by atoms with Crippen LogP contribution in [0.1, 0.15) is 19.4 Å². The third kappa shape index (κ3) is 1.91. The molecule has 0 saturated carbocycles. The number of aryl methyl sites for hydroxylation is 1. The molecule has 0 aliphatic heterocycles. The van der Waals surface area contributed by atoms with Crippen molar-refractivity contribution in [3.05, 3.63) is 42.6 Å². The van der Waals surface area contributed by atoms with Crippen molar-refractivity contribution >= 4 is 10.9 Å². The zero-order valence-electron chi connectivity index (χ0n) is 12.0. The normalized spacial score (nSPS) is 12.2. The Morgan fingerprint density at radius 1 is 1.20 bits per heavy atom. The predicted octanol–water partition coefficient (Wildman–Crippen LogP) is 2.22. The average molecular weight is 269 g/mol. The molecule has 0 fully saturated rings. The molecule has 0 bridgehead atoms. The van der Waals surface area contributed by atoms with Gasteiger partial charge in [-0.2, -0.15) is 0 Å². The Bertz CT molecular complexity index is 737. The van der Waals surface area contributed by atoms with Gasteiger partial charge in [0.1, 0.15) is 12.7 Å². The minimum absolute atomic E-state index is 0.113. The van der Waals surface area contributed by atoms with Gasteiger partial charge in [0.15, 0.2) is 0 Å². The first-order valence-electron chi connectivity index (χ1n) is 6.70. The molecular weight excluding hydrogens is 250 g/mol. The largest absolute Gasteiger partial charge is 0.340 e. The molecule has 3 aromatic rings. The van der Waals surface area contributed by atoms with E-state index in [2.05, 4.69) is 59.9 Å². The van der Waals surface area contributed by atoms with Crippen LogP contribution >= 0.6 is 0 Å². The van der Waals surface area contributed by atoms with Gasteiger partial charge < -0.3 is 10.3 Å². The fraction of sp³-hybridized carbons (Fsp3) is 0.333. The fourth-order valence-electron chi connectivity index (χ4n) is 2.48. The molecule has 5 nitrogen and oxygen atoms in total. The number of hydrogen-bond acceptors (Lipinski definition) is 3. The van der Waals surface area contributed by atoms with Crippen LogP contribution in [0.5, 0.6) is 0 Å². The van der Waals surface area contributed by atoms with E-state index in [1.165, 1.54) is 16.5 Å². The van der Waals surface area contributed by atoms with Crippen LogP contribution in [0.3, 0.4) is 0 Å². The molecule has 0 aliphatic carbocycles. The summed E-state index contributed by atoms with van der Waals surface area (Å²) < 4.78 is 4.16. The summed E-state index contributed by atoms with van der Waals surface area (Å²) in [6.45, 7) is 7.02. The Morgan fingerprint density at radius 2 is 1.90 bits per heavy atom. The number of benzene rings is 1. The second kappa shape index (κ2) is 4.45. The molecule has 0 amide bonds. The molecule has 3 rings (SSSR count). The van der Waals surface area contributed by atoms with Crippen molar-refractivity contribution in [1.82, 2.24) is 19.3 Å². The van der Waals surface area contributed by atoms with Crippen LogP contribution in [0, 0.1) is 6.92 Å². The maximum Gasteiger partial charge on any atom is 0.123 e. The lowest BCUT2D eigenvalue weighted by Crippen LogP contribution is -2.34. The minimum atomic E-state index is -0.113. The van der Waals surface area contributed by atoms with Gasteiger partial charge in [0, 0.05) is 18.1 Å². The standard InChI is InChI=1S/C15H19N5/c1-11-7-20(15(2,3)8-16)14-6-12(4-5-13(11)14)19-9-17-18-10-19/h4-7,9-10H,8,16H2,1-3H3. The number of rotatable bonds is 3. The van der Waals surface area contributed by atoms with Gasteiger partial charge in [-0.15, -0.1) is 10.2 Å². The zero-order chi connectivity index (χ0) is 14.3. The number of aromatic nitrogens is 4. The molecule has 0 radical (unpaired) electrons. The Morgan fingerprint density at radius 3 is 2.55 bits per heavy atom. The molecule has 2 heterocycles. The monoisotopic (exact) mass is 269 g/mol. The number of nitrogens with zero attached hydrogens (tertiary/aromatic N) is 4. The molecule has 0 unspecified atom stereocenters. The van der Waals surface area contributed by atoms with Crippen molar-refractivity contribution < 1.29 is 0 Å².